The molecule has 0 atom stereocenters. The summed E-state index contributed by atoms with van der Waals surface area (Å²) in [6.07, 6.45) is 3.33. The van der Waals surface area contributed by atoms with Gasteiger partial charge in [-0.2, -0.15) is 0 Å². The van der Waals surface area contributed by atoms with Gasteiger partial charge in [0.1, 0.15) is 0 Å². The second-order valence-corrected chi connectivity index (χ2v) is 7.62. The number of fused-ring (bicyclic) bond motifs is 1. The fourth-order valence-electron chi connectivity index (χ4n) is 2.77. The summed E-state index contributed by atoms with van der Waals surface area (Å²) in [5, 5.41) is 3.22. The molecule has 1 aliphatic rings. The lowest BCUT2D eigenvalue weighted by Crippen LogP contribution is -2.13. The number of aryl methyl sites for hydroxylation is 1. The van der Waals surface area contributed by atoms with E-state index in [1.807, 2.05) is 30.3 Å². The number of nitrogens with one attached hydrogen (secondary N) is 2. The number of benzene rings is 2. The Bertz CT molecular complexity index is 783. The molecule has 1 aliphatic heterocycles. The van der Waals surface area contributed by atoms with Crippen molar-refractivity contribution in [1.82, 2.24) is 5.32 Å². The van der Waals surface area contributed by atoms with Gasteiger partial charge in [-0.15, -0.1) is 0 Å². The number of rotatable bonds is 6. The molecule has 0 aliphatic carbocycles. The van der Waals surface area contributed by atoms with E-state index in [2.05, 4.69) is 17.0 Å². The number of hydrogen-bond donors (Lipinski definition) is 2. The van der Waals surface area contributed by atoms with Gasteiger partial charge in [0.15, 0.2) is 0 Å². The lowest BCUT2D eigenvalue weighted by atomic mass is 10.1. The van der Waals surface area contributed by atoms with Gasteiger partial charge in [-0.1, -0.05) is 31.5 Å². The molecule has 0 unspecified atom stereocenters. The molecular formula is C18H22N2O2S. The average Bonchev–Trinajstić information content (AvgIpc) is 3.01. The van der Waals surface area contributed by atoms with E-state index in [4.69, 9.17) is 0 Å². The van der Waals surface area contributed by atoms with Gasteiger partial charge in [0.2, 0.25) is 0 Å². The van der Waals surface area contributed by atoms with Crippen LogP contribution in [0.4, 0.5) is 5.69 Å². The van der Waals surface area contributed by atoms with Gasteiger partial charge in [0.05, 0.1) is 4.90 Å². The molecule has 122 valence electrons. The second kappa shape index (κ2) is 6.72. The Morgan fingerprint density at radius 2 is 1.78 bits per heavy atom. The monoisotopic (exact) mass is 330 g/mol. The highest BCUT2D eigenvalue weighted by atomic mass is 32.2. The van der Waals surface area contributed by atoms with Gasteiger partial charge in [-0.25, -0.2) is 8.42 Å². The number of unbranched alkanes of at least 4 members (excludes halogenated alkanes) is 1. The second-order valence-electron chi connectivity index (χ2n) is 5.94. The predicted octanol–water partition coefficient (Wildman–Crippen LogP) is 3.43. The first-order chi connectivity index (χ1) is 11.1. The minimum atomic E-state index is -3.54. The van der Waals surface area contributed by atoms with Crippen molar-refractivity contribution in [2.75, 3.05) is 4.72 Å². The van der Waals surface area contributed by atoms with Crippen LogP contribution in [0.5, 0.6) is 0 Å². The summed E-state index contributed by atoms with van der Waals surface area (Å²) in [4.78, 5) is 0.315. The molecule has 2 aromatic carbocycles. The first-order valence-corrected chi connectivity index (χ1v) is 9.51. The molecule has 0 aromatic heterocycles. The highest BCUT2D eigenvalue weighted by molar-refractivity contribution is 7.92. The van der Waals surface area contributed by atoms with Crippen LogP contribution in [0, 0.1) is 0 Å². The minimum Gasteiger partial charge on any atom is -0.309 e. The predicted molar refractivity (Wildman–Crippen MR) is 92.8 cm³/mol. The topological polar surface area (TPSA) is 58.2 Å². The fourth-order valence-corrected chi connectivity index (χ4v) is 3.88. The van der Waals surface area contributed by atoms with E-state index in [1.54, 1.807) is 12.1 Å². The van der Waals surface area contributed by atoms with Crippen molar-refractivity contribution in [2.45, 2.75) is 44.2 Å². The lowest BCUT2D eigenvalue weighted by molar-refractivity contribution is 0.601. The molecule has 2 N–H and O–H groups in total. The van der Waals surface area contributed by atoms with E-state index in [-0.39, 0.29) is 0 Å². The van der Waals surface area contributed by atoms with E-state index in [9.17, 15) is 8.42 Å². The normalized spacial score (nSPS) is 13.8. The molecule has 5 heteroatoms. The number of hydrogen-bond acceptors (Lipinski definition) is 3. The van der Waals surface area contributed by atoms with Crippen LogP contribution in [0.1, 0.15) is 36.5 Å². The van der Waals surface area contributed by atoms with Gasteiger partial charge < -0.3 is 5.32 Å². The van der Waals surface area contributed by atoms with Crippen molar-refractivity contribution in [1.29, 1.82) is 0 Å². The Hall–Kier alpha value is -1.85. The molecule has 0 radical (unpaired) electrons. The highest BCUT2D eigenvalue weighted by Gasteiger charge is 2.18. The molecule has 0 spiro atoms. The van der Waals surface area contributed by atoms with E-state index in [0.717, 1.165) is 37.9 Å². The molecule has 2 aromatic rings. The molecule has 1 heterocycles. The van der Waals surface area contributed by atoms with E-state index in [0.29, 0.717) is 10.6 Å². The first-order valence-electron chi connectivity index (χ1n) is 8.03. The van der Waals surface area contributed by atoms with E-state index >= 15 is 0 Å². The van der Waals surface area contributed by atoms with Crippen LogP contribution in [0.2, 0.25) is 0 Å². The van der Waals surface area contributed by atoms with Crippen LogP contribution in [0.3, 0.4) is 0 Å². The Morgan fingerprint density at radius 3 is 2.52 bits per heavy atom. The van der Waals surface area contributed by atoms with Crippen molar-refractivity contribution < 1.29 is 8.42 Å². The van der Waals surface area contributed by atoms with Crippen molar-refractivity contribution in [3.63, 3.8) is 0 Å². The Balaban J connectivity index is 1.75. The molecule has 4 nitrogen and oxygen atoms in total. The van der Waals surface area contributed by atoms with Crippen LogP contribution >= 0.6 is 0 Å². The molecular weight excluding hydrogens is 308 g/mol. The summed E-state index contributed by atoms with van der Waals surface area (Å²) in [5.41, 5.74) is 4.06. The summed E-state index contributed by atoms with van der Waals surface area (Å²) < 4.78 is 27.7. The maximum Gasteiger partial charge on any atom is 0.261 e. The van der Waals surface area contributed by atoms with Gasteiger partial charge in [0.25, 0.3) is 10.0 Å². The molecule has 0 amide bonds. The third kappa shape index (κ3) is 3.74. The van der Waals surface area contributed by atoms with E-state index < -0.39 is 10.0 Å². The maximum atomic E-state index is 12.5. The Labute approximate surface area is 138 Å². The lowest BCUT2D eigenvalue weighted by Gasteiger charge is -2.10. The van der Waals surface area contributed by atoms with Gasteiger partial charge in [-0.3, -0.25) is 4.72 Å². The third-order valence-electron chi connectivity index (χ3n) is 4.14. The van der Waals surface area contributed by atoms with Crippen LogP contribution in [-0.4, -0.2) is 8.42 Å². The fraction of sp³-hybridized carbons (Fsp3) is 0.333. The maximum absolute atomic E-state index is 12.5. The summed E-state index contributed by atoms with van der Waals surface area (Å²) in [6, 6.07) is 12.9. The first kappa shape index (κ1) is 16.0. The molecule has 3 rings (SSSR count). The smallest absolute Gasteiger partial charge is 0.261 e. The Morgan fingerprint density at radius 1 is 1.04 bits per heavy atom. The van der Waals surface area contributed by atoms with Crippen molar-refractivity contribution in [3.8, 4) is 0 Å². The molecule has 0 saturated heterocycles. The highest BCUT2D eigenvalue weighted by Crippen LogP contribution is 2.22. The molecule has 23 heavy (non-hydrogen) atoms. The summed E-state index contributed by atoms with van der Waals surface area (Å²) in [5.74, 6) is 0. The van der Waals surface area contributed by atoms with Crippen molar-refractivity contribution in [3.05, 3.63) is 59.2 Å². The van der Waals surface area contributed by atoms with Crippen LogP contribution in [0.25, 0.3) is 0 Å². The quantitative estimate of drug-likeness (QED) is 0.853. The zero-order chi connectivity index (χ0) is 16.3. The average molecular weight is 330 g/mol. The molecule has 0 bridgehead atoms. The number of sulfonamides is 1. The van der Waals surface area contributed by atoms with E-state index in [1.165, 1.54) is 11.1 Å². The number of anilines is 1. The summed E-state index contributed by atoms with van der Waals surface area (Å²) in [6.45, 7) is 3.70. The summed E-state index contributed by atoms with van der Waals surface area (Å²) >= 11 is 0. The largest absolute Gasteiger partial charge is 0.309 e. The Kier molecular flexibility index (Phi) is 4.68. The molecule has 0 saturated carbocycles. The van der Waals surface area contributed by atoms with Crippen molar-refractivity contribution >= 4 is 15.7 Å². The zero-order valence-corrected chi connectivity index (χ0v) is 14.1. The zero-order valence-electron chi connectivity index (χ0n) is 13.3. The SMILES string of the molecule is CCCCc1ccc(NS(=O)(=O)c2ccc3c(c2)CNC3)cc1. The van der Waals surface area contributed by atoms with Crippen LogP contribution in [0.15, 0.2) is 47.4 Å². The molecule has 0 fully saturated rings. The van der Waals surface area contributed by atoms with Gasteiger partial charge >= 0.3 is 0 Å². The van der Waals surface area contributed by atoms with Crippen LogP contribution in [-0.2, 0) is 29.5 Å². The third-order valence-corrected chi connectivity index (χ3v) is 5.52. The van der Waals surface area contributed by atoms with Gasteiger partial charge in [0, 0.05) is 18.8 Å². The minimum absolute atomic E-state index is 0.315. The summed E-state index contributed by atoms with van der Waals surface area (Å²) in [7, 11) is -3.54. The van der Waals surface area contributed by atoms with Crippen LogP contribution < -0.4 is 10.0 Å². The van der Waals surface area contributed by atoms with Gasteiger partial charge in [-0.05, 0) is 53.8 Å². The van der Waals surface area contributed by atoms with Crippen molar-refractivity contribution in [2.24, 2.45) is 0 Å². The standard InChI is InChI=1S/C18H22N2O2S/c1-2-3-4-14-5-8-17(9-6-14)20-23(21,22)18-10-7-15-12-19-13-16(15)11-18/h5-11,19-20H,2-4,12-13H2,1H3.